The first-order valence-electron chi connectivity index (χ1n) is 4.89. The molecule has 0 saturated carbocycles. The highest BCUT2D eigenvalue weighted by atomic mass is 32.2. The number of aliphatic hydroxyl groups excluding tert-OH is 1. The van der Waals surface area contributed by atoms with Gasteiger partial charge in [0.2, 0.25) is 10.0 Å². The van der Waals surface area contributed by atoms with Gasteiger partial charge in [0, 0.05) is 26.2 Å². The molecule has 5 nitrogen and oxygen atoms in total. The van der Waals surface area contributed by atoms with Gasteiger partial charge in [-0.05, 0) is 13.3 Å². The van der Waals surface area contributed by atoms with E-state index < -0.39 is 10.0 Å². The molecule has 6 heteroatoms. The Bertz CT molecular complexity index is 264. The van der Waals surface area contributed by atoms with Gasteiger partial charge < -0.3 is 10.4 Å². The lowest BCUT2D eigenvalue weighted by Gasteiger charge is -2.14. The monoisotopic (exact) mass is 222 g/mol. The molecule has 0 aromatic rings. The number of hydrogen-bond donors (Lipinski definition) is 2. The molecule has 0 aromatic carbocycles. The zero-order chi connectivity index (χ0) is 10.6. The average Bonchev–Trinajstić information content (AvgIpc) is 2.39. The first kappa shape index (κ1) is 11.9. The van der Waals surface area contributed by atoms with Gasteiger partial charge in [0.15, 0.2) is 0 Å². The molecule has 0 aliphatic carbocycles. The lowest BCUT2D eigenvalue weighted by atomic mass is 10.4. The highest BCUT2D eigenvalue weighted by molar-refractivity contribution is 7.89. The largest absolute Gasteiger partial charge is 0.392 e. The molecule has 1 heterocycles. The van der Waals surface area contributed by atoms with Crippen molar-refractivity contribution in [1.82, 2.24) is 9.62 Å². The molecule has 0 aromatic heterocycles. The van der Waals surface area contributed by atoms with Crippen LogP contribution in [-0.4, -0.2) is 55.9 Å². The summed E-state index contributed by atoms with van der Waals surface area (Å²) in [5.74, 6) is 0.281. The van der Waals surface area contributed by atoms with E-state index in [1.54, 1.807) is 6.92 Å². The predicted molar refractivity (Wildman–Crippen MR) is 54.5 cm³/mol. The minimum atomic E-state index is -2.96. The number of nitrogens with one attached hydrogen (secondary N) is 1. The standard InChI is InChI=1S/C8H18N2O3S/c1-8(11)7-9-3-5-10-4-2-6-14(10,12)13/h8-9,11H,2-7H2,1H3. The van der Waals surface area contributed by atoms with Gasteiger partial charge in [-0.2, -0.15) is 0 Å². The molecule has 1 unspecified atom stereocenters. The van der Waals surface area contributed by atoms with Crippen LogP contribution in [-0.2, 0) is 10.0 Å². The first-order valence-corrected chi connectivity index (χ1v) is 6.50. The quantitative estimate of drug-likeness (QED) is 0.585. The van der Waals surface area contributed by atoms with Crippen LogP contribution in [0.5, 0.6) is 0 Å². The maximum absolute atomic E-state index is 11.3. The third-order valence-corrected chi connectivity index (χ3v) is 4.14. The SMILES string of the molecule is CC(O)CNCCN1CCCS1(=O)=O. The number of nitrogens with zero attached hydrogens (tertiary/aromatic N) is 1. The average molecular weight is 222 g/mol. The van der Waals surface area contributed by atoms with E-state index in [-0.39, 0.29) is 11.9 Å². The number of hydrogen-bond acceptors (Lipinski definition) is 4. The Kier molecular flexibility index (Phi) is 4.31. The molecule has 1 saturated heterocycles. The minimum Gasteiger partial charge on any atom is -0.392 e. The maximum atomic E-state index is 11.3. The van der Waals surface area contributed by atoms with E-state index in [0.29, 0.717) is 26.2 Å². The molecule has 1 rings (SSSR count). The van der Waals surface area contributed by atoms with E-state index in [1.807, 2.05) is 0 Å². The second kappa shape index (κ2) is 5.06. The van der Waals surface area contributed by atoms with Crippen LogP contribution in [0.3, 0.4) is 0 Å². The summed E-state index contributed by atoms with van der Waals surface area (Å²) in [5, 5.41) is 11.9. The van der Waals surface area contributed by atoms with Crippen LogP contribution < -0.4 is 5.32 Å². The second-order valence-corrected chi connectivity index (χ2v) is 5.71. The van der Waals surface area contributed by atoms with Crippen LogP contribution in [0.25, 0.3) is 0 Å². The fraction of sp³-hybridized carbons (Fsp3) is 1.00. The summed E-state index contributed by atoms with van der Waals surface area (Å²) in [6.07, 6.45) is 0.351. The zero-order valence-electron chi connectivity index (χ0n) is 8.44. The highest BCUT2D eigenvalue weighted by Crippen LogP contribution is 2.11. The van der Waals surface area contributed by atoms with E-state index in [1.165, 1.54) is 4.31 Å². The molecule has 0 spiro atoms. The van der Waals surface area contributed by atoms with E-state index >= 15 is 0 Å². The molecule has 2 N–H and O–H groups in total. The Hall–Kier alpha value is -0.170. The van der Waals surface area contributed by atoms with Crippen LogP contribution in [0.4, 0.5) is 0 Å². The minimum absolute atomic E-state index is 0.281. The summed E-state index contributed by atoms with van der Waals surface area (Å²) in [5.41, 5.74) is 0. The molecule has 14 heavy (non-hydrogen) atoms. The summed E-state index contributed by atoms with van der Waals surface area (Å²) in [7, 11) is -2.96. The van der Waals surface area contributed by atoms with Gasteiger partial charge in [-0.1, -0.05) is 0 Å². The topological polar surface area (TPSA) is 69.6 Å². The molecular weight excluding hydrogens is 204 g/mol. The van der Waals surface area contributed by atoms with Crippen LogP contribution in [0.15, 0.2) is 0 Å². The maximum Gasteiger partial charge on any atom is 0.214 e. The molecule has 0 amide bonds. The number of sulfonamides is 1. The number of aliphatic hydroxyl groups is 1. The van der Waals surface area contributed by atoms with E-state index in [4.69, 9.17) is 5.11 Å². The van der Waals surface area contributed by atoms with Crippen molar-refractivity contribution in [2.45, 2.75) is 19.4 Å². The fourth-order valence-electron chi connectivity index (χ4n) is 1.46. The van der Waals surface area contributed by atoms with Gasteiger partial charge in [-0.3, -0.25) is 0 Å². The van der Waals surface area contributed by atoms with Gasteiger partial charge in [-0.15, -0.1) is 0 Å². The lowest BCUT2D eigenvalue weighted by Crippen LogP contribution is -2.35. The summed E-state index contributed by atoms with van der Waals surface area (Å²) in [6, 6.07) is 0. The molecule has 84 valence electrons. The summed E-state index contributed by atoms with van der Waals surface area (Å²) in [4.78, 5) is 0. The third kappa shape index (κ3) is 3.53. The lowest BCUT2D eigenvalue weighted by molar-refractivity contribution is 0.191. The van der Waals surface area contributed by atoms with Crippen molar-refractivity contribution in [2.75, 3.05) is 31.9 Å². The Labute approximate surface area is 85.2 Å². The van der Waals surface area contributed by atoms with E-state index in [0.717, 1.165) is 6.42 Å². The van der Waals surface area contributed by atoms with Crippen molar-refractivity contribution in [3.63, 3.8) is 0 Å². The molecule has 1 atom stereocenters. The van der Waals surface area contributed by atoms with E-state index in [9.17, 15) is 8.42 Å². The van der Waals surface area contributed by atoms with Crippen molar-refractivity contribution in [2.24, 2.45) is 0 Å². The molecular formula is C8H18N2O3S. The Balaban J connectivity index is 2.19. The zero-order valence-corrected chi connectivity index (χ0v) is 9.26. The fourth-order valence-corrected chi connectivity index (χ4v) is 2.99. The van der Waals surface area contributed by atoms with Gasteiger partial charge in [0.05, 0.1) is 11.9 Å². The van der Waals surface area contributed by atoms with Crippen molar-refractivity contribution in [3.8, 4) is 0 Å². The Morgan fingerprint density at radius 2 is 2.29 bits per heavy atom. The van der Waals surface area contributed by atoms with Gasteiger partial charge in [-0.25, -0.2) is 12.7 Å². The summed E-state index contributed by atoms with van der Waals surface area (Å²) >= 11 is 0. The van der Waals surface area contributed by atoms with Gasteiger partial charge in [0.25, 0.3) is 0 Å². The summed E-state index contributed by atoms with van der Waals surface area (Å²) < 4.78 is 24.2. The predicted octanol–water partition coefficient (Wildman–Crippen LogP) is -1.01. The molecule has 1 fully saturated rings. The van der Waals surface area contributed by atoms with E-state index in [2.05, 4.69) is 5.32 Å². The van der Waals surface area contributed by atoms with Crippen molar-refractivity contribution in [1.29, 1.82) is 0 Å². The Morgan fingerprint density at radius 3 is 2.79 bits per heavy atom. The molecule has 1 aliphatic heterocycles. The van der Waals surface area contributed by atoms with Crippen LogP contribution in [0.1, 0.15) is 13.3 Å². The van der Waals surface area contributed by atoms with Gasteiger partial charge >= 0.3 is 0 Å². The Morgan fingerprint density at radius 1 is 1.57 bits per heavy atom. The van der Waals surface area contributed by atoms with Crippen LogP contribution in [0.2, 0.25) is 0 Å². The van der Waals surface area contributed by atoms with Crippen molar-refractivity contribution < 1.29 is 13.5 Å². The smallest absolute Gasteiger partial charge is 0.214 e. The molecule has 1 aliphatic rings. The number of rotatable bonds is 5. The highest BCUT2D eigenvalue weighted by Gasteiger charge is 2.27. The first-order chi connectivity index (χ1) is 6.52. The third-order valence-electron chi connectivity index (χ3n) is 2.18. The van der Waals surface area contributed by atoms with Crippen LogP contribution >= 0.6 is 0 Å². The van der Waals surface area contributed by atoms with Gasteiger partial charge in [0.1, 0.15) is 0 Å². The molecule has 0 radical (unpaired) electrons. The van der Waals surface area contributed by atoms with Crippen molar-refractivity contribution in [3.05, 3.63) is 0 Å². The normalized spacial score (nSPS) is 23.9. The molecule has 0 bridgehead atoms. The van der Waals surface area contributed by atoms with Crippen LogP contribution in [0, 0.1) is 0 Å². The van der Waals surface area contributed by atoms with Crippen molar-refractivity contribution >= 4 is 10.0 Å². The summed E-state index contributed by atoms with van der Waals surface area (Å²) in [6.45, 7) is 3.95. The second-order valence-electron chi connectivity index (χ2n) is 3.62.